The second-order valence-corrected chi connectivity index (χ2v) is 14.1. The predicted octanol–water partition coefficient (Wildman–Crippen LogP) is 2.56. The molecule has 1 heterocycles. The molecule has 1 spiro atoms. The lowest BCUT2D eigenvalue weighted by molar-refractivity contribution is -0.297. The molecule has 0 radical (unpaired) electrons. The minimum Gasteiger partial charge on any atom is -0.458 e. The average molecular weight is 614 g/mol. The van der Waals surface area contributed by atoms with Crippen LogP contribution in [0.15, 0.2) is 30.3 Å². The molecule has 14 atom stereocenters. The second-order valence-electron chi connectivity index (χ2n) is 14.1. The van der Waals surface area contributed by atoms with Crippen molar-refractivity contribution in [3.05, 3.63) is 35.9 Å². The maximum atomic E-state index is 13.7. The summed E-state index contributed by atoms with van der Waals surface area (Å²) in [6.07, 6.45) is -0.424. The van der Waals surface area contributed by atoms with Crippen LogP contribution >= 0.6 is 0 Å². The number of piperidine rings is 1. The Labute approximate surface area is 259 Å². The standard InChI is InChI=1S/C34H47NO9/c1-7-35-16-32(17-39-3)23(37)14-24(41-5)34-21-13-20-22(40-4)15-33(44-18(2)36,26(30(34)35)28(42-6)29(32)34)25(21)27(20)43-31(38)19-11-9-8-10-12-19/h8-12,20-30,37H,7,13-17H2,1-6H3/t20-,21-,22+,23-,24+,25-,26?,27+,28?,29-,30-,32+,33-,34+/m1/s1. The number of hydrogen-bond acceptors (Lipinski definition) is 10. The van der Waals surface area contributed by atoms with E-state index < -0.39 is 28.6 Å². The van der Waals surface area contributed by atoms with Crippen molar-refractivity contribution >= 4 is 11.9 Å². The Morgan fingerprint density at radius 3 is 2.36 bits per heavy atom. The Morgan fingerprint density at radius 1 is 1.00 bits per heavy atom. The van der Waals surface area contributed by atoms with E-state index >= 15 is 0 Å². The molecule has 1 aliphatic heterocycles. The van der Waals surface area contributed by atoms with Gasteiger partial charge < -0.3 is 33.5 Å². The number of fused-ring (bicyclic) bond motifs is 2. The van der Waals surface area contributed by atoms with Crippen molar-refractivity contribution in [1.29, 1.82) is 0 Å². The summed E-state index contributed by atoms with van der Waals surface area (Å²) >= 11 is 0. The molecular weight excluding hydrogens is 566 g/mol. The van der Waals surface area contributed by atoms with E-state index in [1.54, 1.807) is 40.6 Å². The number of likely N-dealkylation sites (tertiary alicyclic amines) is 1. The van der Waals surface area contributed by atoms with Crippen LogP contribution in [0.25, 0.3) is 0 Å². The fraction of sp³-hybridized carbons (Fsp3) is 0.765. The van der Waals surface area contributed by atoms with Gasteiger partial charge in [-0.15, -0.1) is 0 Å². The molecule has 1 N–H and O–H groups in total. The Bertz CT molecular complexity index is 1280. The Kier molecular flexibility index (Phi) is 7.46. The van der Waals surface area contributed by atoms with E-state index in [4.69, 9.17) is 28.4 Å². The summed E-state index contributed by atoms with van der Waals surface area (Å²) in [6.45, 7) is 5.40. The van der Waals surface area contributed by atoms with Crippen LogP contribution in [0.4, 0.5) is 0 Å². The third-order valence-electron chi connectivity index (χ3n) is 13.0. The van der Waals surface area contributed by atoms with Crippen LogP contribution < -0.4 is 0 Å². The van der Waals surface area contributed by atoms with Gasteiger partial charge in [-0.2, -0.15) is 0 Å². The molecule has 1 aromatic carbocycles. The zero-order valence-corrected chi connectivity index (χ0v) is 26.6. The van der Waals surface area contributed by atoms with Crippen molar-refractivity contribution in [2.75, 3.05) is 48.1 Å². The fourth-order valence-electron chi connectivity index (χ4n) is 12.2. The lowest BCUT2D eigenvalue weighted by Crippen LogP contribution is -2.79. The van der Waals surface area contributed by atoms with Gasteiger partial charge in [0.25, 0.3) is 0 Å². The molecular formula is C34H47NO9. The van der Waals surface area contributed by atoms with Gasteiger partial charge >= 0.3 is 11.9 Å². The third-order valence-corrected chi connectivity index (χ3v) is 13.0. The number of aliphatic hydroxyl groups excluding tert-OH is 1. The summed E-state index contributed by atoms with van der Waals surface area (Å²) in [5.41, 5.74) is -1.61. The Morgan fingerprint density at radius 2 is 1.75 bits per heavy atom. The highest BCUT2D eigenvalue weighted by molar-refractivity contribution is 5.89. The monoisotopic (exact) mass is 613 g/mol. The molecule has 6 fully saturated rings. The van der Waals surface area contributed by atoms with E-state index in [9.17, 15) is 14.7 Å². The summed E-state index contributed by atoms with van der Waals surface area (Å²) in [5.74, 6) is -1.57. The number of rotatable bonds is 9. The Balaban J connectivity index is 1.48. The van der Waals surface area contributed by atoms with Crippen LogP contribution in [-0.2, 0) is 33.2 Å². The molecule has 2 unspecified atom stereocenters. The first-order chi connectivity index (χ1) is 21.2. The molecule has 1 saturated heterocycles. The summed E-state index contributed by atoms with van der Waals surface area (Å²) < 4.78 is 38.3. The number of nitrogens with zero attached hydrogens (tertiary/aromatic N) is 1. The summed E-state index contributed by atoms with van der Waals surface area (Å²) in [6, 6.07) is 9.02. The van der Waals surface area contributed by atoms with Gasteiger partial charge in [0.05, 0.1) is 36.6 Å². The minimum atomic E-state index is -1.01. The van der Waals surface area contributed by atoms with Crippen molar-refractivity contribution in [2.24, 2.45) is 40.4 Å². The molecule has 0 amide bonds. The summed E-state index contributed by atoms with van der Waals surface area (Å²) in [7, 11) is 6.88. The number of methoxy groups -OCH3 is 4. The van der Waals surface area contributed by atoms with E-state index in [1.807, 2.05) is 18.2 Å². The first kappa shape index (κ1) is 30.6. The number of aliphatic hydroxyl groups is 1. The van der Waals surface area contributed by atoms with Crippen LogP contribution in [0.2, 0.25) is 0 Å². The average Bonchev–Trinajstić information content (AvgIpc) is 3.44. The van der Waals surface area contributed by atoms with Crippen molar-refractivity contribution in [1.82, 2.24) is 4.90 Å². The van der Waals surface area contributed by atoms with Crippen LogP contribution in [0, 0.1) is 40.4 Å². The quantitative estimate of drug-likeness (QED) is 0.417. The van der Waals surface area contributed by atoms with E-state index in [0.29, 0.717) is 31.6 Å². The van der Waals surface area contributed by atoms with Crippen LogP contribution in [0.1, 0.15) is 43.5 Å². The van der Waals surface area contributed by atoms with E-state index in [1.165, 1.54) is 6.92 Å². The molecule has 7 rings (SSSR count). The van der Waals surface area contributed by atoms with Crippen LogP contribution in [0.5, 0.6) is 0 Å². The molecule has 10 nitrogen and oxygen atoms in total. The van der Waals surface area contributed by atoms with E-state index in [-0.39, 0.29) is 65.9 Å². The number of esters is 2. The number of carbonyl (C=O) groups is 2. The third kappa shape index (κ3) is 3.64. The first-order valence-electron chi connectivity index (χ1n) is 16.1. The number of hydrogen-bond donors (Lipinski definition) is 1. The van der Waals surface area contributed by atoms with Crippen LogP contribution in [-0.4, -0.2) is 112 Å². The predicted molar refractivity (Wildman–Crippen MR) is 158 cm³/mol. The zero-order valence-electron chi connectivity index (χ0n) is 26.6. The zero-order chi connectivity index (χ0) is 31.2. The Hall–Kier alpha value is -2.08. The molecule has 242 valence electrons. The van der Waals surface area contributed by atoms with Gasteiger partial charge in [0.2, 0.25) is 0 Å². The van der Waals surface area contributed by atoms with Crippen molar-refractivity contribution in [2.45, 2.75) is 75.3 Å². The van der Waals surface area contributed by atoms with Crippen molar-refractivity contribution in [3.63, 3.8) is 0 Å². The highest BCUT2D eigenvalue weighted by Crippen LogP contribution is 2.80. The van der Waals surface area contributed by atoms with Gasteiger partial charge in [-0.3, -0.25) is 9.69 Å². The highest BCUT2D eigenvalue weighted by atomic mass is 16.6. The maximum Gasteiger partial charge on any atom is 0.338 e. The molecule has 10 heteroatoms. The largest absolute Gasteiger partial charge is 0.458 e. The molecule has 5 saturated carbocycles. The highest BCUT2D eigenvalue weighted by Gasteiger charge is 2.89. The number of carbonyl (C=O) groups excluding carboxylic acids is 2. The maximum absolute atomic E-state index is 13.7. The minimum absolute atomic E-state index is 0.0367. The normalized spacial score (nSPS) is 48.2. The summed E-state index contributed by atoms with van der Waals surface area (Å²) in [4.78, 5) is 29.4. The van der Waals surface area contributed by atoms with E-state index in [0.717, 1.165) is 13.0 Å². The van der Waals surface area contributed by atoms with Gasteiger partial charge in [0.15, 0.2) is 0 Å². The molecule has 0 aromatic heterocycles. The van der Waals surface area contributed by atoms with Gasteiger partial charge in [-0.1, -0.05) is 25.1 Å². The number of benzene rings is 1. The molecule has 44 heavy (non-hydrogen) atoms. The fourth-order valence-corrected chi connectivity index (χ4v) is 12.2. The number of ether oxygens (including phenoxy) is 6. The summed E-state index contributed by atoms with van der Waals surface area (Å²) in [5, 5.41) is 12.0. The topological polar surface area (TPSA) is 113 Å². The van der Waals surface area contributed by atoms with Gasteiger partial charge in [0.1, 0.15) is 11.7 Å². The van der Waals surface area contributed by atoms with Gasteiger partial charge in [-0.05, 0) is 31.0 Å². The van der Waals surface area contributed by atoms with Crippen LogP contribution in [0.3, 0.4) is 0 Å². The molecule has 5 aliphatic carbocycles. The molecule has 6 aliphatic rings. The van der Waals surface area contributed by atoms with Gasteiger partial charge in [-0.25, -0.2) is 4.79 Å². The first-order valence-corrected chi connectivity index (χ1v) is 16.1. The van der Waals surface area contributed by atoms with Gasteiger partial charge in [0, 0.05) is 95.3 Å². The smallest absolute Gasteiger partial charge is 0.338 e. The lowest BCUT2D eigenvalue weighted by Gasteiger charge is -2.70. The van der Waals surface area contributed by atoms with Crippen molar-refractivity contribution < 1.29 is 43.1 Å². The van der Waals surface area contributed by atoms with Crippen molar-refractivity contribution in [3.8, 4) is 0 Å². The molecule has 1 aromatic rings. The lowest BCUT2D eigenvalue weighted by atomic mass is 9.42. The van der Waals surface area contributed by atoms with E-state index in [2.05, 4.69) is 11.8 Å². The second kappa shape index (κ2) is 10.7. The SMILES string of the molecule is CCN1C[C@]2(COC)[C@H](O)C[C@H](OC)[C@@]34[C@@H]5C[C@H]6[C@H](OC(=O)c7ccccc7)[C@@H]5[C@](OC(C)=O)(C[C@@H]6OC)C(C(OC)[C@H]23)[C@@H]14. The molecule has 7 bridgehead atoms.